The number of rotatable bonds is 3. The van der Waals surface area contributed by atoms with Crippen molar-refractivity contribution in [3.05, 3.63) is 66.2 Å². The van der Waals surface area contributed by atoms with Gasteiger partial charge in [0.1, 0.15) is 11.5 Å². The van der Waals surface area contributed by atoms with Gasteiger partial charge in [0.15, 0.2) is 0 Å². The van der Waals surface area contributed by atoms with E-state index < -0.39 is 0 Å². The quantitative estimate of drug-likeness (QED) is 0.372. The fourth-order valence-electron chi connectivity index (χ4n) is 2.47. The van der Waals surface area contributed by atoms with Crippen LogP contribution in [0.4, 0.5) is 17.1 Å². The van der Waals surface area contributed by atoms with Crippen LogP contribution in [-0.4, -0.2) is 16.1 Å². The monoisotopic (exact) mass is 335 g/mol. The molecule has 1 amide bonds. The smallest absolute Gasteiger partial charge is 0.256 e. The Morgan fingerprint density at radius 2 is 1.60 bits per heavy atom. The Hall–Kier alpha value is -3.67. The molecule has 6 heteroatoms. The van der Waals surface area contributed by atoms with Gasteiger partial charge in [-0.15, -0.1) is 0 Å². The lowest BCUT2D eigenvalue weighted by atomic mass is 9.98. The number of aromatic hydroxyl groups is 2. The Bertz CT molecular complexity index is 954. The van der Waals surface area contributed by atoms with E-state index in [0.29, 0.717) is 22.4 Å². The van der Waals surface area contributed by atoms with Crippen molar-refractivity contribution in [1.29, 1.82) is 0 Å². The molecule has 3 aromatic carbocycles. The van der Waals surface area contributed by atoms with Crippen LogP contribution in [0, 0.1) is 0 Å². The van der Waals surface area contributed by atoms with Crippen molar-refractivity contribution in [2.75, 3.05) is 16.8 Å². The number of nitrogens with one attached hydrogen (secondary N) is 1. The average molecular weight is 335 g/mol. The molecule has 3 rings (SSSR count). The Balaban J connectivity index is 1.95. The number of hydrogen-bond acceptors (Lipinski definition) is 5. The minimum absolute atomic E-state index is 0.0111. The highest BCUT2D eigenvalue weighted by atomic mass is 16.3. The van der Waals surface area contributed by atoms with Crippen LogP contribution in [0.2, 0.25) is 0 Å². The van der Waals surface area contributed by atoms with Crippen LogP contribution in [0.1, 0.15) is 10.4 Å². The summed E-state index contributed by atoms with van der Waals surface area (Å²) in [5, 5.41) is 22.0. The van der Waals surface area contributed by atoms with Crippen LogP contribution in [0.25, 0.3) is 11.1 Å². The normalized spacial score (nSPS) is 10.4. The molecule has 0 radical (unpaired) electrons. The van der Waals surface area contributed by atoms with Crippen LogP contribution in [0.5, 0.6) is 11.5 Å². The molecule has 0 bridgehead atoms. The Labute approximate surface area is 144 Å². The van der Waals surface area contributed by atoms with Crippen LogP contribution >= 0.6 is 0 Å². The first-order chi connectivity index (χ1) is 12.0. The SMILES string of the molecule is Nc1cc(-c2ccccc2C(=O)Nc2ccc(N)c(O)c2)ccc1O. The van der Waals surface area contributed by atoms with Gasteiger partial charge in [-0.2, -0.15) is 0 Å². The maximum atomic E-state index is 12.7. The Kier molecular flexibility index (Phi) is 4.18. The molecule has 3 aromatic rings. The minimum atomic E-state index is -0.341. The summed E-state index contributed by atoms with van der Waals surface area (Å²) in [7, 11) is 0. The largest absolute Gasteiger partial charge is 0.506 e. The fourth-order valence-corrected chi connectivity index (χ4v) is 2.47. The van der Waals surface area contributed by atoms with Gasteiger partial charge < -0.3 is 27.0 Å². The van der Waals surface area contributed by atoms with Gasteiger partial charge in [0.25, 0.3) is 5.91 Å². The molecule has 0 heterocycles. The number of nitrogens with two attached hydrogens (primary N) is 2. The third kappa shape index (κ3) is 3.32. The molecule has 6 nitrogen and oxygen atoms in total. The zero-order valence-corrected chi connectivity index (χ0v) is 13.2. The molecule has 0 unspecified atom stereocenters. The standard InChI is InChI=1S/C19H17N3O3/c20-15-7-6-12(10-18(15)24)22-19(25)14-4-2-1-3-13(14)11-5-8-17(23)16(21)9-11/h1-10,23-24H,20-21H2,(H,22,25). The number of benzene rings is 3. The van der Waals surface area contributed by atoms with Crippen LogP contribution in [0.15, 0.2) is 60.7 Å². The summed E-state index contributed by atoms with van der Waals surface area (Å²) < 4.78 is 0. The molecule has 0 saturated carbocycles. The van der Waals surface area contributed by atoms with Crippen molar-refractivity contribution in [3.63, 3.8) is 0 Å². The number of carbonyl (C=O) groups excluding carboxylic acids is 1. The van der Waals surface area contributed by atoms with E-state index in [-0.39, 0.29) is 28.8 Å². The van der Waals surface area contributed by atoms with Crippen molar-refractivity contribution in [3.8, 4) is 22.6 Å². The van der Waals surface area contributed by atoms with E-state index in [1.54, 1.807) is 36.4 Å². The molecule has 25 heavy (non-hydrogen) atoms. The number of anilines is 3. The van der Waals surface area contributed by atoms with Crippen LogP contribution in [-0.2, 0) is 0 Å². The first-order valence-electron chi connectivity index (χ1n) is 7.53. The van der Waals surface area contributed by atoms with Crippen LogP contribution in [0.3, 0.4) is 0 Å². The molecule has 0 atom stereocenters. The lowest BCUT2D eigenvalue weighted by Crippen LogP contribution is -2.13. The van der Waals surface area contributed by atoms with Gasteiger partial charge in [-0.1, -0.05) is 24.3 Å². The summed E-state index contributed by atoms with van der Waals surface area (Å²) in [6.07, 6.45) is 0. The predicted molar refractivity (Wildman–Crippen MR) is 98.4 cm³/mol. The summed E-state index contributed by atoms with van der Waals surface area (Å²) in [5.74, 6) is -0.452. The Morgan fingerprint density at radius 3 is 2.32 bits per heavy atom. The van der Waals surface area contributed by atoms with Gasteiger partial charge in [0.05, 0.1) is 11.4 Å². The van der Waals surface area contributed by atoms with Crippen LogP contribution < -0.4 is 16.8 Å². The van der Waals surface area contributed by atoms with Gasteiger partial charge in [-0.05, 0) is 41.5 Å². The van der Waals surface area contributed by atoms with Gasteiger partial charge in [0.2, 0.25) is 0 Å². The van der Waals surface area contributed by atoms with Gasteiger partial charge in [-0.3, -0.25) is 4.79 Å². The number of nitrogen functional groups attached to an aromatic ring is 2. The number of amides is 1. The summed E-state index contributed by atoms with van der Waals surface area (Å²) >= 11 is 0. The summed E-state index contributed by atoms with van der Waals surface area (Å²) in [5.41, 5.74) is 14.0. The van der Waals surface area contributed by atoms with E-state index in [0.717, 1.165) is 0 Å². The summed E-state index contributed by atoms with van der Waals surface area (Å²) in [6.45, 7) is 0. The van der Waals surface area contributed by atoms with Gasteiger partial charge in [-0.25, -0.2) is 0 Å². The molecule has 0 aliphatic carbocycles. The first kappa shape index (κ1) is 16.2. The van der Waals surface area contributed by atoms with Gasteiger partial charge in [0, 0.05) is 17.3 Å². The molecular weight excluding hydrogens is 318 g/mol. The second-order valence-corrected chi connectivity index (χ2v) is 5.55. The van der Waals surface area contributed by atoms with E-state index in [4.69, 9.17) is 11.5 Å². The first-order valence-corrected chi connectivity index (χ1v) is 7.53. The topological polar surface area (TPSA) is 122 Å². The highest BCUT2D eigenvalue weighted by Gasteiger charge is 2.14. The second kappa shape index (κ2) is 6.45. The molecule has 0 spiro atoms. The zero-order valence-electron chi connectivity index (χ0n) is 13.2. The molecular formula is C19H17N3O3. The molecule has 0 aliphatic heterocycles. The highest BCUT2D eigenvalue weighted by molar-refractivity contribution is 6.09. The number of phenolic OH excluding ortho intramolecular Hbond substituents is 2. The van der Waals surface area contributed by atoms with E-state index >= 15 is 0 Å². The minimum Gasteiger partial charge on any atom is -0.506 e. The molecule has 0 aliphatic rings. The van der Waals surface area contributed by atoms with E-state index in [2.05, 4.69) is 5.32 Å². The van der Waals surface area contributed by atoms with Crippen molar-refractivity contribution < 1.29 is 15.0 Å². The zero-order chi connectivity index (χ0) is 18.0. The van der Waals surface area contributed by atoms with E-state index in [1.165, 1.54) is 18.2 Å². The molecule has 126 valence electrons. The third-order valence-corrected chi connectivity index (χ3v) is 3.80. The average Bonchev–Trinajstić information content (AvgIpc) is 2.60. The molecule has 0 saturated heterocycles. The lowest BCUT2D eigenvalue weighted by Gasteiger charge is -2.12. The maximum Gasteiger partial charge on any atom is 0.256 e. The molecule has 0 aromatic heterocycles. The second-order valence-electron chi connectivity index (χ2n) is 5.55. The fraction of sp³-hybridized carbons (Fsp3) is 0. The molecule has 0 fully saturated rings. The number of hydrogen-bond donors (Lipinski definition) is 5. The predicted octanol–water partition coefficient (Wildman–Crippen LogP) is 3.18. The van der Waals surface area contributed by atoms with Gasteiger partial charge >= 0.3 is 0 Å². The van der Waals surface area contributed by atoms with Crippen molar-refractivity contribution in [1.82, 2.24) is 0 Å². The highest BCUT2D eigenvalue weighted by Crippen LogP contribution is 2.30. The number of carbonyl (C=O) groups is 1. The molecule has 7 N–H and O–H groups in total. The Morgan fingerprint density at radius 1 is 0.840 bits per heavy atom. The van der Waals surface area contributed by atoms with E-state index in [9.17, 15) is 15.0 Å². The van der Waals surface area contributed by atoms with Crippen molar-refractivity contribution in [2.45, 2.75) is 0 Å². The summed E-state index contributed by atoms with van der Waals surface area (Å²) in [6, 6.07) is 16.3. The van der Waals surface area contributed by atoms with E-state index in [1.807, 2.05) is 6.07 Å². The van der Waals surface area contributed by atoms with Crippen molar-refractivity contribution >= 4 is 23.0 Å². The van der Waals surface area contributed by atoms with Crippen molar-refractivity contribution in [2.24, 2.45) is 0 Å². The maximum absolute atomic E-state index is 12.7. The number of phenols is 2. The summed E-state index contributed by atoms with van der Waals surface area (Å²) in [4.78, 5) is 12.7. The lowest BCUT2D eigenvalue weighted by molar-refractivity contribution is 0.102. The third-order valence-electron chi connectivity index (χ3n) is 3.80.